The molecular weight excluding hydrogens is 276 g/mol. The number of amides is 1. The van der Waals surface area contributed by atoms with Gasteiger partial charge in [0.2, 0.25) is 5.91 Å². The van der Waals surface area contributed by atoms with Gasteiger partial charge in [0.1, 0.15) is 0 Å². The number of hydrogen-bond acceptors (Lipinski definition) is 3. The van der Waals surface area contributed by atoms with E-state index in [0.717, 1.165) is 25.9 Å². The molecule has 0 bridgehead atoms. The predicted octanol–water partition coefficient (Wildman–Crippen LogP) is 3.48. The molecule has 1 aliphatic heterocycles. The van der Waals surface area contributed by atoms with Crippen molar-refractivity contribution in [2.75, 3.05) is 18.4 Å². The Bertz CT molecular complexity index is 520. The molecule has 1 aromatic rings. The molecule has 0 aliphatic carbocycles. The molecule has 22 heavy (non-hydrogen) atoms. The first-order valence-corrected chi connectivity index (χ1v) is 8.24. The fraction of sp³-hybridized carbons (Fsp3) is 0.556. The fourth-order valence-corrected chi connectivity index (χ4v) is 2.89. The van der Waals surface area contributed by atoms with Crippen molar-refractivity contribution < 1.29 is 9.59 Å². The van der Waals surface area contributed by atoms with Crippen LogP contribution in [0.15, 0.2) is 24.3 Å². The van der Waals surface area contributed by atoms with E-state index in [-0.39, 0.29) is 17.7 Å². The van der Waals surface area contributed by atoms with Gasteiger partial charge in [-0.1, -0.05) is 31.4 Å². The van der Waals surface area contributed by atoms with E-state index in [0.29, 0.717) is 11.3 Å². The highest BCUT2D eigenvalue weighted by Gasteiger charge is 2.21. The summed E-state index contributed by atoms with van der Waals surface area (Å²) in [4.78, 5) is 26.1. The van der Waals surface area contributed by atoms with E-state index in [1.54, 1.807) is 18.2 Å². The lowest BCUT2D eigenvalue weighted by Crippen LogP contribution is -2.43. The molecule has 0 spiro atoms. The zero-order valence-electron chi connectivity index (χ0n) is 13.6. The van der Waals surface area contributed by atoms with Crippen molar-refractivity contribution in [2.24, 2.45) is 0 Å². The molecule has 0 unspecified atom stereocenters. The van der Waals surface area contributed by atoms with E-state index in [1.165, 1.54) is 26.2 Å². The normalized spacial score (nSPS) is 18.1. The number of ketones is 1. The third kappa shape index (κ3) is 4.67. The van der Waals surface area contributed by atoms with E-state index >= 15 is 0 Å². The first kappa shape index (κ1) is 16.7. The molecule has 4 nitrogen and oxygen atoms in total. The Kier molecular flexibility index (Phi) is 6.13. The highest BCUT2D eigenvalue weighted by molar-refractivity contribution is 5.98. The van der Waals surface area contributed by atoms with Crippen LogP contribution in [0.25, 0.3) is 0 Å². The van der Waals surface area contributed by atoms with E-state index in [2.05, 4.69) is 10.2 Å². The monoisotopic (exact) mass is 302 g/mol. The summed E-state index contributed by atoms with van der Waals surface area (Å²) in [6.45, 7) is 5.47. The third-order valence-electron chi connectivity index (χ3n) is 4.35. The van der Waals surface area contributed by atoms with Crippen LogP contribution in [0, 0.1) is 0 Å². The predicted molar refractivity (Wildman–Crippen MR) is 89.2 cm³/mol. The molecule has 0 radical (unpaired) electrons. The van der Waals surface area contributed by atoms with Crippen LogP contribution in [-0.4, -0.2) is 35.7 Å². The van der Waals surface area contributed by atoms with E-state index in [9.17, 15) is 9.59 Å². The molecule has 4 heteroatoms. The molecule has 1 atom stereocenters. The Balaban J connectivity index is 1.98. The SMILES string of the molecule is CC(=O)c1cccc(NC(=O)[C@H](C)N2CCCCCCC2)c1. The van der Waals surface area contributed by atoms with Gasteiger partial charge < -0.3 is 5.32 Å². The van der Waals surface area contributed by atoms with Crippen LogP contribution in [0.2, 0.25) is 0 Å². The summed E-state index contributed by atoms with van der Waals surface area (Å²) in [6.07, 6.45) is 6.15. The van der Waals surface area contributed by atoms with Crippen LogP contribution >= 0.6 is 0 Å². The van der Waals surface area contributed by atoms with E-state index < -0.39 is 0 Å². The molecular formula is C18H26N2O2. The molecule has 1 heterocycles. The number of likely N-dealkylation sites (tertiary alicyclic amines) is 1. The molecule has 1 aliphatic rings. The number of anilines is 1. The maximum absolute atomic E-state index is 12.5. The van der Waals surface area contributed by atoms with Crippen molar-refractivity contribution in [3.05, 3.63) is 29.8 Å². The second-order valence-electron chi connectivity index (χ2n) is 6.11. The fourth-order valence-electron chi connectivity index (χ4n) is 2.89. The second-order valence-corrected chi connectivity index (χ2v) is 6.11. The van der Waals surface area contributed by atoms with Gasteiger partial charge >= 0.3 is 0 Å². The number of carbonyl (C=O) groups is 2. The number of nitrogens with zero attached hydrogens (tertiary/aromatic N) is 1. The molecule has 120 valence electrons. The van der Waals surface area contributed by atoms with Gasteiger partial charge in [-0.25, -0.2) is 0 Å². The van der Waals surface area contributed by atoms with Crippen LogP contribution in [-0.2, 0) is 4.79 Å². The highest BCUT2D eigenvalue weighted by Crippen LogP contribution is 2.15. The minimum absolute atomic E-state index is 0.00118. The number of hydrogen-bond donors (Lipinski definition) is 1. The molecule has 1 fully saturated rings. The highest BCUT2D eigenvalue weighted by atomic mass is 16.2. The zero-order chi connectivity index (χ0) is 15.9. The van der Waals surface area contributed by atoms with Crippen LogP contribution < -0.4 is 5.32 Å². The second kappa shape index (κ2) is 8.08. The summed E-state index contributed by atoms with van der Waals surface area (Å²) >= 11 is 0. The minimum Gasteiger partial charge on any atom is -0.325 e. The molecule has 1 N–H and O–H groups in total. The topological polar surface area (TPSA) is 49.4 Å². The van der Waals surface area contributed by atoms with Crippen LogP contribution in [0.1, 0.15) is 56.3 Å². The van der Waals surface area contributed by atoms with Crippen molar-refractivity contribution in [3.8, 4) is 0 Å². The molecule has 1 amide bonds. The summed E-state index contributed by atoms with van der Waals surface area (Å²) in [5.41, 5.74) is 1.31. The van der Waals surface area contributed by atoms with Crippen molar-refractivity contribution >= 4 is 17.4 Å². The van der Waals surface area contributed by atoms with Gasteiger partial charge in [-0.05, 0) is 51.9 Å². The van der Waals surface area contributed by atoms with E-state index in [4.69, 9.17) is 0 Å². The van der Waals surface area contributed by atoms with Gasteiger partial charge in [-0.2, -0.15) is 0 Å². The number of benzene rings is 1. The Morgan fingerprint density at radius 3 is 2.36 bits per heavy atom. The smallest absolute Gasteiger partial charge is 0.241 e. The van der Waals surface area contributed by atoms with Crippen molar-refractivity contribution in [3.63, 3.8) is 0 Å². The number of nitrogens with one attached hydrogen (secondary N) is 1. The maximum Gasteiger partial charge on any atom is 0.241 e. The summed E-state index contributed by atoms with van der Waals surface area (Å²) in [5.74, 6) is 0.00851. The molecule has 1 aromatic carbocycles. The molecule has 0 saturated carbocycles. The number of carbonyl (C=O) groups excluding carboxylic acids is 2. The minimum atomic E-state index is -0.140. The van der Waals surface area contributed by atoms with Crippen molar-refractivity contribution in [1.29, 1.82) is 0 Å². The van der Waals surface area contributed by atoms with Gasteiger partial charge in [0.15, 0.2) is 5.78 Å². The van der Waals surface area contributed by atoms with Crippen molar-refractivity contribution in [1.82, 2.24) is 4.90 Å². The van der Waals surface area contributed by atoms with Crippen LogP contribution in [0.3, 0.4) is 0 Å². The van der Waals surface area contributed by atoms with E-state index in [1.807, 2.05) is 13.0 Å². The average molecular weight is 302 g/mol. The van der Waals surface area contributed by atoms with Gasteiger partial charge in [0, 0.05) is 11.3 Å². The Hall–Kier alpha value is -1.68. The van der Waals surface area contributed by atoms with Crippen LogP contribution in [0.4, 0.5) is 5.69 Å². The summed E-state index contributed by atoms with van der Waals surface area (Å²) in [7, 11) is 0. The Morgan fingerprint density at radius 2 is 1.73 bits per heavy atom. The summed E-state index contributed by atoms with van der Waals surface area (Å²) in [6, 6.07) is 6.98. The number of rotatable bonds is 4. The van der Waals surface area contributed by atoms with Crippen LogP contribution in [0.5, 0.6) is 0 Å². The Morgan fingerprint density at radius 1 is 1.09 bits per heavy atom. The maximum atomic E-state index is 12.5. The molecule has 2 rings (SSSR count). The van der Waals surface area contributed by atoms with Gasteiger partial charge in [0.25, 0.3) is 0 Å². The first-order valence-electron chi connectivity index (χ1n) is 8.24. The third-order valence-corrected chi connectivity index (χ3v) is 4.35. The molecule has 1 saturated heterocycles. The quantitative estimate of drug-likeness (QED) is 0.866. The Labute approximate surface area is 132 Å². The number of Topliss-reactive ketones (excluding diaryl/α,β-unsaturated/α-hetero) is 1. The lowest BCUT2D eigenvalue weighted by Gasteiger charge is -2.29. The largest absolute Gasteiger partial charge is 0.325 e. The van der Waals surface area contributed by atoms with Gasteiger partial charge in [-0.15, -0.1) is 0 Å². The standard InChI is InChI=1S/C18H26N2O2/c1-14(20-11-6-4-3-5-7-12-20)18(22)19-17-10-8-9-16(13-17)15(2)21/h8-10,13-14H,3-7,11-12H2,1-2H3,(H,19,22)/t14-/m0/s1. The lowest BCUT2D eigenvalue weighted by molar-refractivity contribution is -0.120. The summed E-state index contributed by atoms with van der Waals surface area (Å²) < 4.78 is 0. The molecule has 0 aromatic heterocycles. The lowest BCUT2D eigenvalue weighted by atomic mass is 10.1. The zero-order valence-corrected chi connectivity index (χ0v) is 13.6. The van der Waals surface area contributed by atoms with Crippen molar-refractivity contribution in [2.45, 2.75) is 52.0 Å². The van der Waals surface area contributed by atoms with Gasteiger partial charge in [0.05, 0.1) is 6.04 Å². The first-order chi connectivity index (χ1) is 10.6. The summed E-state index contributed by atoms with van der Waals surface area (Å²) in [5, 5.41) is 2.94. The average Bonchev–Trinajstić information content (AvgIpc) is 2.46. The van der Waals surface area contributed by atoms with Gasteiger partial charge in [-0.3, -0.25) is 14.5 Å².